The zero-order valence-corrected chi connectivity index (χ0v) is 18.3. The summed E-state index contributed by atoms with van der Waals surface area (Å²) in [5, 5.41) is 11.0. The van der Waals surface area contributed by atoms with E-state index >= 15 is 0 Å². The van der Waals surface area contributed by atoms with Crippen molar-refractivity contribution in [2.45, 2.75) is 59.0 Å². The smallest absolute Gasteiger partial charge is 0.191 e. The second-order valence-electron chi connectivity index (χ2n) is 6.56. The molecule has 1 fully saturated rings. The van der Waals surface area contributed by atoms with Crippen LogP contribution in [-0.4, -0.2) is 59.4 Å². The highest BCUT2D eigenvalue weighted by Gasteiger charge is 2.19. The molecule has 1 unspecified atom stereocenters. The molecule has 1 aromatic heterocycles. The van der Waals surface area contributed by atoms with E-state index in [0.29, 0.717) is 0 Å². The monoisotopic (exact) mass is 462 g/mol. The molecule has 0 radical (unpaired) electrons. The second-order valence-corrected chi connectivity index (χ2v) is 6.56. The van der Waals surface area contributed by atoms with Gasteiger partial charge in [0.1, 0.15) is 0 Å². The quantitative estimate of drug-likeness (QED) is 0.355. The van der Waals surface area contributed by atoms with Crippen molar-refractivity contribution in [3.05, 3.63) is 18.0 Å². The molecule has 1 aliphatic heterocycles. The third-order valence-electron chi connectivity index (χ3n) is 4.62. The minimum atomic E-state index is 0. The number of likely N-dealkylation sites (tertiary alicyclic amines) is 1. The lowest BCUT2D eigenvalue weighted by Crippen LogP contribution is -2.42. The minimum Gasteiger partial charge on any atom is -0.357 e. The van der Waals surface area contributed by atoms with E-state index in [0.717, 1.165) is 44.7 Å². The number of halogens is 1. The van der Waals surface area contributed by atoms with Gasteiger partial charge in [-0.1, -0.05) is 13.3 Å². The maximum absolute atomic E-state index is 4.74. The maximum atomic E-state index is 4.74. The van der Waals surface area contributed by atoms with Crippen LogP contribution in [0.15, 0.2) is 17.4 Å². The Kier molecular flexibility index (Phi) is 11.1. The molecule has 2 N–H and O–H groups in total. The Balaban J connectivity index is 0.00000312. The number of hydrogen-bond acceptors (Lipinski definition) is 3. The number of guanidine groups is 1. The highest BCUT2D eigenvalue weighted by molar-refractivity contribution is 14.0. The van der Waals surface area contributed by atoms with Gasteiger partial charge in [0, 0.05) is 31.9 Å². The van der Waals surface area contributed by atoms with E-state index in [-0.39, 0.29) is 24.0 Å². The van der Waals surface area contributed by atoms with E-state index in [4.69, 9.17) is 4.99 Å². The van der Waals surface area contributed by atoms with Crippen molar-refractivity contribution in [3.63, 3.8) is 0 Å². The number of aryl methyl sites for hydroxylation is 1. The maximum Gasteiger partial charge on any atom is 0.191 e. The number of piperidine rings is 1. The summed E-state index contributed by atoms with van der Waals surface area (Å²) < 4.78 is 1.96. The molecule has 1 aromatic rings. The third-order valence-corrected chi connectivity index (χ3v) is 4.62. The molecule has 0 spiro atoms. The van der Waals surface area contributed by atoms with Gasteiger partial charge in [-0.3, -0.25) is 14.6 Å². The molecule has 1 atom stereocenters. The van der Waals surface area contributed by atoms with Gasteiger partial charge < -0.3 is 10.6 Å². The van der Waals surface area contributed by atoms with E-state index in [9.17, 15) is 0 Å². The largest absolute Gasteiger partial charge is 0.357 e. The van der Waals surface area contributed by atoms with Crippen LogP contribution in [0, 0.1) is 6.92 Å². The van der Waals surface area contributed by atoms with Crippen LogP contribution in [0.3, 0.4) is 0 Å². The fourth-order valence-corrected chi connectivity index (χ4v) is 3.33. The fourth-order valence-electron chi connectivity index (χ4n) is 3.33. The molecule has 1 saturated heterocycles. The molecule has 0 aromatic carbocycles. The summed E-state index contributed by atoms with van der Waals surface area (Å²) in [7, 11) is 0. The summed E-state index contributed by atoms with van der Waals surface area (Å²) in [6.45, 7) is 12.2. The van der Waals surface area contributed by atoms with Crippen molar-refractivity contribution >= 4 is 29.9 Å². The average molecular weight is 462 g/mol. The van der Waals surface area contributed by atoms with Gasteiger partial charge in [-0.05, 0) is 45.2 Å². The summed E-state index contributed by atoms with van der Waals surface area (Å²) in [5.74, 6) is 0.909. The number of nitrogens with zero attached hydrogens (tertiary/aromatic N) is 4. The first-order valence-corrected chi connectivity index (χ1v) is 9.48. The Hall–Kier alpha value is -0.830. The molecule has 2 heterocycles. The van der Waals surface area contributed by atoms with E-state index in [2.05, 4.69) is 47.6 Å². The van der Waals surface area contributed by atoms with Crippen LogP contribution in [0.4, 0.5) is 0 Å². The van der Waals surface area contributed by atoms with Crippen molar-refractivity contribution < 1.29 is 0 Å². The Morgan fingerprint density at radius 2 is 2.12 bits per heavy atom. The van der Waals surface area contributed by atoms with Crippen molar-refractivity contribution in [2.75, 3.05) is 32.7 Å². The van der Waals surface area contributed by atoms with Gasteiger partial charge in [-0.25, -0.2) is 0 Å². The van der Waals surface area contributed by atoms with Crippen LogP contribution in [0.1, 0.15) is 45.1 Å². The van der Waals surface area contributed by atoms with Gasteiger partial charge in [0.15, 0.2) is 5.96 Å². The molecule has 2 rings (SSSR count). The molecule has 0 bridgehead atoms. The van der Waals surface area contributed by atoms with Gasteiger partial charge >= 0.3 is 0 Å². The molecule has 144 valence electrons. The van der Waals surface area contributed by atoms with Gasteiger partial charge in [0.05, 0.1) is 19.3 Å². The first-order chi connectivity index (χ1) is 11.7. The Labute approximate surface area is 169 Å². The number of hydrogen-bond donors (Lipinski definition) is 2. The lowest BCUT2D eigenvalue weighted by molar-refractivity contribution is 0.148. The average Bonchev–Trinajstić information content (AvgIpc) is 3.00. The normalized spacial score (nSPS) is 18.7. The highest BCUT2D eigenvalue weighted by Crippen LogP contribution is 2.18. The highest BCUT2D eigenvalue weighted by atomic mass is 127. The molecule has 7 heteroatoms. The lowest BCUT2D eigenvalue weighted by Gasteiger charge is -2.34. The third kappa shape index (κ3) is 7.94. The van der Waals surface area contributed by atoms with Gasteiger partial charge in [-0.15, -0.1) is 24.0 Å². The molecule has 0 amide bonds. The zero-order chi connectivity index (χ0) is 17.2. The van der Waals surface area contributed by atoms with Crippen LogP contribution in [-0.2, 0) is 6.54 Å². The van der Waals surface area contributed by atoms with Crippen molar-refractivity contribution in [2.24, 2.45) is 4.99 Å². The summed E-state index contributed by atoms with van der Waals surface area (Å²) in [4.78, 5) is 7.35. The predicted molar refractivity (Wildman–Crippen MR) is 116 cm³/mol. The first-order valence-electron chi connectivity index (χ1n) is 9.48. The zero-order valence-electron chi connectivity index (χ0n) is 16.0. The molecular formula is C18H35IN6. The van der Waals surface area contributed by atoms with Crippen molar-refractivity contribution in [3.8, 4) is 0 Å². The minimum absolute atomic E-state index is 0. The summed E-state index contributed by atoms with van der Waals surface area (Å²) in [6, 6.07) is 0.757. The topological polar surface area (TPSA) is 57.5 Å². The predicted octanol–water partition coefficient (Wildman–Crippen LogP) is 2.63. The van der Waals surface area contributed by atoms with E-state index in [1.54, 1.807) is 0 Å². The Morgan fingerprint density at radius 1 is 1.28 bits per heavy atom. The molecule has 25 heavy (non-hydrogen) atoms. The van der Waals surface area contributed by atoms with Crippen LogP contribution in [0.25, 0.3) is 0 Å². The van der Waals surface area contributed by atoms with E-state index in [1.807, 2.05) is 10.9 Å². The van der Waals surface area contributed by atoms with Crippen LogP contribution >= 0.6 is 24.0 Å². The second kappa shape index (κ2) is 12.5. The molecular weight excluding hydrogens is 427 g/mol. The number of nitrogens with one attached hydrogen (secondary N) is 2. The van der Waals surface area contributed by atoms with Gasteiger partial charge in [-0.2, -0.15) is 5.10 Å². The Bertz CT molecular complexity index is 502. The molecule has 1 aliphatic rings. The summed E-state index contributed by atoms with van der Waals surface area (Å²) >= 11 is 0. The summed E-state index contributed by atoms with van der Waals surface area (Å²) in [5.41, 5.74) is 1.20. The molecule has 0 saturated carbocycles. The summed E-state index contributed by atoms with van der Waals surface area (Å²) in [6.07, 6.45) is 9.28. The van der Waals surface area contributed by atoms with Crippen molar-refractivity contribution in [1.29, 1.82) is 0 Å². The van der Waals surface area contributed by atoms with Crippen LogP contribution in [0.2, 0.25) is 0 Å². The van der Waals surface area contributed by atoms with Crippen molar-refractivity contribution in [1.82, 2.24) is 25.3 Å². The standard InChI is InChI=1S/C18H34N6.HI/c1-4-17-8-6-7-11-23(17)12-9-20-18(19-5-2)21-10-13-24-15-16(3)14-22-24;/h14-15,17H,4-13H2,1-3H3,(H2,19,20,21);1H. The fraction of sp³-hybridized carbons (Fsp3) is 0.778. The Morgan fingerprint density at radius 3 is 2.80 bits per heavy atom. The van der Waals surface area contributed by atoms with Gasteiger partial charge in [0.2, 0.25) is 0 Å². The number of rotatable bonds is 8. The van der Waals surface area contributed by atoms with Gasteiger partial charge in [0.25, 0.3) is 0 Å². The first kappa shape index (κ1) is 22.2. The molecule has 6 nitrogen and oxygen atoms in total. The number of aliphatic imine (C=N–C) groups is 1. The lowest BCUT2D eigenvalue weighted by atomic mass is 10.0. The molecule has 0 aliphatic carbocycles. The van der Waals surface area contributed by atoms with Crippen LogP contribution in [0.5, 0.6) is 0 Å². The van der Waals surface area contributed by atoms with Crippen LogP contribution < -0.4 is 10.6 Å². The van der Waals surface area contributed by atoms with E-state index < -0.39 is 0 Å². The van der Waals surface area contributed by atoms with E-state index in [1.165, 1.54) is 37.8 Å². The SMILES string of the molecule is CCNC(=NCCN1CCCCC1CC)NCCn1cc(C)cn1.I. The number of aromatic nitrogens is 2.